The summed E-state index contributed by atoms with van der Waals surface area (Å²) in [6, 6.07) is 19.3. The third-order valence-electron chi connectivity index (χ3n) is 5.45. The fraction of sp³-hybridized carbons (Fsp3) is 0.125. The summed E-state index contributed by atoms with van der Waals surface area (Å²) in [4.78, 5) is 20.7. The van der Waals surface area contributed by atoms with Crippen LogP contribution in [-0.2, 0) is 11.2 Å². The van der Waals surface area contributed by atoms with Crippen molar-refractivity contribution in [3.8, 4) is 22.9 Å². The van der Waals surface area contributed by atoms with Crippen LogP contribution in [0.1, 0.15) is 5.56 Å². The van der Waals surface area contributed by atoms with Crippen molar-refractivity contribution in [1.29, 1.82) is 0 Å². The summed E-state index contributed by atoms with van der Waals surface area (Å²) in [5.41, 5.74) is 4.47. The number of nitrogens with zero attached hydrogens (tertiary/aromatic N) is 2. The Hall–Kier alpha value is -4.33. The Kier molecular flexibility index (Phi) is 4.28. The number of aromatic amines is 2. The lowest BCUT2D eigenvalue weighted by molar-refractivity contribution is -0.115. The second-order valence-electron chi connectivity index (χ2n) is 7.64. The molecular formula is C24H19N5O3. The summed E-state index contributed by atoms with van der Waals surface area (Å²) in [5, 5.41) is 11.0. The van der Waals surface area contributed by atoms with E-state index in [1.54, 1.807) is 0 Å². The number of aromatic nitrogens is 4. The maximum absolute atomic E-state index is 12.7. The van der Waals surface area contributed by atoms with Crippen molar-refractivity contribution in [3.63, 3.8) is 0 Å². The first kappa shape index (κ1) is 18.4. The van der Waals surface area contributed by atoms with Crippen LogP contribution in [0.2, 0.25) is 0 Å². The van der Waals surface area contributed by atoms with Gasteiger partial charge in [0.25, 0.3) is 0 Å². The zero-order valence-electron chi connectivity index (χ0n) is 17.0. The molecule has 1 aliphatic rings. The van der Waals surface area contributed by atoms with Gasteiger partial charge in [0, 0.05) is 10.9 Å². The number of nitrogens with one attached hydrogen (secondary N) is 3. The molecule has 6 rings (SSSR count). The van der Waals surface area contributed by atoms with Gasteiger partial charge in [-0.25, -0.2) is 4.98 Å². The van der Waals surface area contributed by atoms with E-state index in [0.717, 1.165) is 38.9 Å². The Morgan fingerprint density at radius 2 is 1.84 bits per heavy atom. The van der Waals surface area contributed by atoms with Crippen LogP contribution in [0.15, 0.2) is 60.7 Å². The summed E-state index contributed by atoms with van der Waals surface area (Å²) in [6.45, 7) is 1.05. The number of rotatable bonds is 4. The summed E-state index contributed by atoms with van der Waals surface area (Å²) in [6.07, 6.45) is 0.203. The van der Waals surface area contributed by atoms with Crippen LogP contribution in [0, 0.1) is 0 Å². The van der Waals surface area contributed by atoms with Crippen molar-refractivity contribution >= 4 is 33.7 Å². The van der Waals surface area contributed by atoms with Crippen molar-refractivity contribution in [1.82, 2.24) is 20.2 Å². The van der Waals surface area contributed by atoms with Crippen LogP contribution in [0.5, 0.6) is 11.5 Å². The number of hydrogen-bond donors (Lipinski definition) is 3. The fourth-order valence-electron chi connectivity index (χ4n) is 3.91. The number of ether oxygens (including phenoxy) is 2. The number of fused-ring (bicyclic) bond motifs is 3. The Morgan fingerprint density at radius 3 is 2.75 bits per heavy atom. The minimum atomic E-state index is -0.163. The van der Waals surface area contributed by atoms with Crippen molar-refractivity contribution in [2.75, 3.05) is 18.5 Å². The second kappa shape index (κ2) is 7.42. The average molecular weight is 425 g/mol. The minimum absolute atomic E-state index is 0.163. The molecule has 0 spiro atoms. The van der Waals surface area contributed by atoms with Crippen molar-refractivity contribution in [3.05, 3.63) is 66.2 Å². The molecule has 158 valence electrons. The Morgan fingerprint density at radius 1 is 0.969 bits per heavy atom. The van der Waals surface area contributed by atoms with E-state index in [1.165, 1.54) is 0 Å². The molecule has 32 heavy (non-hydrogen) atoms. The first-order valence-corrected chi connectivity index (χ1v) is 10.3. The van der Waals surface area contributed by atoms with E-state index in [9.17, 15) is 4.79 Å². The van der Waals surface area contributed by atoms with Gasteiger partial charge in [-0.3, -0.25) is 9.89 Å². The van der Waals surface area contributed by atoms with Crippen LogP contribution in [-0.4, -0.2) is 39.3 Å². The van der Waals surface area contributed by atoms with Crippen molar-refractivity contribution < 1.29 is 14.3 Å². The van der Waals surface area contributed by atoms with E-state index in [4.69, 9.17) is 9.47 Å². The lowest BCUT2D eigenvalue weighted by Crippen LogP contribution is -2.17. The molecule has 5 aromatic rings. The Labute approximate surface area is 182 Å². The van der Waals surface area contributed by atoms with Crippen LogP contribution in [0.4, 0.5) is 5.82 Å². The van der Waals surface area contributed by atoms with E-state index in [2.05, 4.69) is 25.5 Å². The molecule has 1 aliphatic heterocycles. The zero-order chi connectivity index (χ0) is 21.5. The van der Waals surface area contributed by atoms with Gasteiger partial charge in [-0.1, -0.05) is 18.2 Å². The molecule has 8 heteroatoms. The molecule has 0 atom stereocenters. The van der Waals surface area contributed by atoms with E-state index in [1.807, 2.05) is 60.7 Å². The quantitative estimate of drug-likeness (QED) is 0.403. The molecule has 0 saturated heterocycles. The summed E-state index contributed by atoms with van der Waals surface area (Å²) < 4.78 is 11.1. The third kappa shape index (κ3) is 3.31. The number of carbonyl (C=O) groups is 1. The molecule has 1 amide bonds. The van der Waals surface area contributed by atoms with Gasteiger partial charge in [0.2, 0.25) is 5.91 Å². The van der Waals surface area contributed by atoms with Crippen LogP contribution in [0.3, 0.4) is 0 Å². The second-order valence-corrected chi connectivity index (χ2v) is 7.64. The highest BCUT2D eigenvalue weighted by atomic mass is 16.6. The lowest BCUT2D eigenvalue weighted by Gasteiger charge is -2.18. The van der Waals surface area contributed by atoms with Gasteiger partial charge in [0.1, 0.15) is 19.0 Å². The average Bonchev–Trinajstić information content (AvgIpc) is 3.43. The van der Waals surface area contributed by atoms with E-state index >= 15 is 0 Å². The topological polar surface area (TPSA) is 105 Å². The van der Waals surface area contributed by atoms with Crippen molar-refractivity contribution in [2.45, 2.75) is 6.42 Å². The molecule has 3 aromatic carbocycles. The SMILES string of the molecule is O=C(Cc1ccc2c(c1)OCCO2)Nc1n[nH]c2ccc(-c3nc4ccccc4[nH]3)cc12. The van der Waals surface area contributed by atoms with Gasteiger partial charge in [0.05, 0.1) is 23.0 Å². The number of carbonyl (C=O) groups excluding carboxylic acids is 1. The highest BCUT2D eigenvalue weighted by molar-refractivity contribution is 6.01. The molecule has 8 nitrogen and oxygen atoms in total. The molecule has 0 bridgehead atoms. The molecule has 0 radical (unpaired) electrons. The maximum Gasteiger partial charge on any atom is 0.230 e. The largest absolute Gasteiger partial charge is 0.486 e. The van der Waals surface area contributed by atoms with Gasteiger partial charge in [-0.05, 0) is 48.0 Å². The molecule has 0 saturated carbocycles. The summed E-state index contributed by atoms with van der Waals surface area (Å²) >= 11 is 0. The fourth-order valence-corrected chi connectivity index (χ4v) is 3.91. The number of imidazole rings is 1. The van der Waals surface area contributed by atoms with Crippen LogP contribution < -0.4 is 14.8 Å². The highest BCUT2D eigenvalue weighted by Gasteiger charge is 2.15. The Balaban J connectivity index is 1.25. The standard InChI is InChI=1S/C24H19N5O3/c30-22(12-14-5-8-20-21(11-14)32-10-9-31-20)27-24-16-13-15(6-7-17(16)28-29-24)23-25-18-3-1-2-4-19(18)26-23/h1-8,11,13H,9-10,12H2,(H,25,26)(H2,27,28,29,30). The van der Waals surface area contributed by atoms with Gasteiger partial charge in [-0.2, -0.15) is 5.10 Å². The molecule has 0 aliphatic carbocycles. The van der Waals surface area contributed by atoms with Gasteiger partial charge < -0.3 is 19.8 Å². The summed E-state index contributed by atoms with van der Waals surface area (Å²) in [7, 11) is 0. The Bertz CT molecular complexity index is 1440. The predicted molar refractivity (Wildman–Crippen MR) is 121 cm³/mol. The minimum Gasteiger partial charge on any atom is -0.486 e. The third-order valence-corrected chi connectivity index (χ3v) is 5.45. The molecule has 3 heterocycles. The number of para-hydroxylation sites is 2. The number of hydrogen-bond acceptors (Lipinski definition) is 5. The van der Waals surface area contributed by atoms with Crippen LogP contribution >= 0.6 is 0 Å². The van der Waals surface area contributed by atoms with E-state index < -0.39 is 0 Å². The van der Waals surface area contributed by atoms with Crippen LogP contribution in [0.25, 0.3) is 33.3 Å². The smallest absolute Gasteiger partial charge is 0.230 e. The molecule has 0 unspecified atom stereocenters. The number of benzene rings is 3. The van der Waals surface area contributed by atoms with E-state index in [0.29, 0.717) is 30.5 Å². The first-order valence-electron chi connectivity index (χ1n) is 10.3. The monoisotopic (exact) mass is 425 g/mol. The predicted octanol–water partition coefficient (Wildman–Crippen LogP) is 4.06. The molecule has 0 fully saturated rings. The number of H-pyrrole nitrogens is 2. The number of amides is 1. The highest BCUT2D eigenvalue weighted by Crippen LogP contribution is 2.31. The lowest BCUT2D eigenvalue weighted by atomic mass is 10.1. The molecule has 3 N–H and O–H groups in total. The number of anilines is 1. The zero-order valence-corrected chi connectivity index (χ0v) is 17.0. The first-order chi connectivity index (χ1) is 15.7. The molecular weight excluding hydrogens is 406 g/mol. The van der Waals surface area contributed by atoms with Gasteiger partial charge >= 0.3 is 0 Å². The van der Waals surface area contributed by atoms with Crippen molar-refractivity contribution in [2.24, 2.45) is 0 Å². The maximum atomic E-state index is 12.7. The van der Waals surface area contributed by atoms with Gasteiger partial charge in [0.15, 0.2) is 17.3 Å². The van der Waals surface area contributed by atoms with Gasteiger partial charge in [-0.15, -0.1) is 0 Å². The molecule has 2 aromatic heterocycles. The van der Waals surface area contributed by atoms with E-state index in [-0.39, 0.29) is 12.3 Å². The summed E-state index contributed by atoms with van der Waals surface area (Å²) in [5.74, 6) is 2.46. The normalized spacial score (nSPS) is 12.9.